The highest BCUT2D eigenvalue weighted by atomic mass is 32.2. The molecule has 0 saturated carbocycles. The van der Waals surface area contributed by atoms with Crippen molar-refractivity contribution in [3.8, 4) is 11.1 Å². The fourth-order valence-corrected chi connectivity index (χ4v) is 10.6. The number of alkyl halides is 1. The van der Waals surface area contributed by atoms with E-state index in [4.69, 9.17) is 4.74 Å². The van der Waals surface area contributed by atoms with Crippen LogP contribution in [0.1, 0.15) is 55.9 Å². The number of fused-ring (bicyclic) bond motifs is 1. The number of ketones is 1. The molecule has 0 radical (unpaired) electrons. The second-order valence-electron chi connectivity index (χ2n) is 16.9. The third kappa shape index (κ3) is 7.69. The Balaban J connectivity index is 0.803. The topological polar surface area (TPSA) is 168 Å². The second-order valence-corrected chi connectivity index (χ2v) is 18.6. The normalized spacial score (nSPS) is 19.9. The van der Waals surface area contributed by atoms with Gasteiger partial charge in [0.2, 0.25) is 5.78 Å². The first-order chi connectivity index (χ1) is 29.7. The minimum absolute atomic E-state index is 0.0000160. The number of hydrogen-bond acceptors (Lipinski definition) is 11. The highest BCUT2D eigenvalue weighted by Crippen LogP contribution is 2.43. The number of aldehydes is 1. The molecule has 1 spiro atoms. The lowest BCUT2D eigenvalue weighted by Crippen LogP contribution is -2.73. The van der Waals surface area contributed by atoms with Gasteiger partial charge in [-0.25, -0.2) is 22.9 Å². The zero-order chi connectivity index (χ0) is 43.6. The summed E-state index contributed by atoms with van der Waals surface area (Å²) in [5.41, 5.74) is 1.86. The molecule has 4 saturated heterocycles. The molecule has 4 aliphatic rings. The molecule has 3 N–H and O–H groups in total. The third-order valence-corrected chi connectivity index (χ3v) is 14.1. The van der Waals surface area contributed by atoms with Crippen LogP contribution in [0.25, 0.3) is 22.2 Å². The minimum atomic E-state index is -4.36. The summed E-state index contributed by atoms with van der Waals surface area (Å²) >= 11 is 0. The number of nitrogens with one attached hydrogen (secondary N) is 2. The average molecular weight is 872 g/mol. The molecule has 6 heterocycles. The highest BCUT2D eigenvalue weighted by molar-refractivity contribution is 7.90. The Kier molecular flexibility index (Phi) is 10.6. The first-order valence-electron chi connectivity index (χ1n) is 20.3. The van der Waals surface area contributed by atoms with Crippen molar-refractivity contribution in [2.45, 2.75) is 31.0 Å². The van der Waals surface area contributed by atoms with Crippen molar-refractivity contribution in [3.63, 3.8) is 0 Å². The van der Waals surface area contributed by atoms with E-state index in [9.17, 15) is 32.3 Å². The van der Waals surface area contributed by atoms with Gasteiger partial charge < -0.3 is 24.6 Å². The van der Waals surface area contributed by atoms with Gasteiger partial charge >= 0.3 is 16.2 Å². The number of esters is 1. The molecule has 4 aliphatic heterocycles. The first-order valence-corrected chi connectivity index (χ1v) is 21.8. The van der Waals surface area contributed by atoms with Crippen molar-refractivity contribution in [1.29, 1.82) is 0 Å². The number of hydrogen-bond donors (Lipinski definition) is 3. The Labute approximate surface area is 355 Å². The SMILES string of the molecule is COC(=O)c1ccc(N2CCC(O)(CN3CC4(C3)CN(c3ccc(-c5cnc6[nH]cc(C(=O)c7c(F)ccc(NS(=O)(=O)N8CC[C@@H](F)C8)c7F)c6c5)cc3)C4)CC2)cc1C=O. The fourth-order valence-electron chi connectivity index (χ4n) is 9.35. The zero-order valence-corrected chi connectivity index (χ0v) is 34.6. The van der Waals surface area contributed by atoms with Crippen LogP contribution >= 0.6 is 0 Å². The van der Waals surface area contributed by atoms with Gasteiger partial charge in [0, 0.05) is 110 Å². The number of anilines is 3. The van der Waals surface area contributed by atoms with Crippen molar-refractivity contribution in [3.05, 3.63) is 107 Å². The number of likely N-dealkylation sites (tertiary alicyclic amines) is 1. The van der Waals surface area contributed by atoms with E-state index in [2.05, 4.69) is 24.7 Å². The van der Waals surface area contributed by atoms with Crippen molar-refractivity contribution in [1.82, 2.24) is 19.2 Å². The number of halogens is 3. The average Bonchev–Trinajstić information content (AvgIpc) is 3.89. The van der Waals surface area contributed by atoms with E-state index in [1.807, 2.05) is 29.0 Å². The third-order valence-electron chi connectivity index (χ3n) is 12.6. The number of carbonyl (C=O) groups excluding carboxylic acids is 3. The molecule has 0 unspecified atom stereocenters. The molecule has 9 rings (SSSR count). The number of H-pyrrole nitrogens is 1. The van der Waals surface area contributed by atoms with Crippen LogP contribution in [0.15, 0.2) is 73.1 Å². The van der Waals surface area contributed by atoms with E-state index in [1.54, 1.807) is 30.5 Å². The minimum Gasteiger partial charge on any atom is -0.465 e. The molecule has 18 heteroatoms. The second kappa shape index (κ2) is 15.8. The molecule has 0 amide bonds. The van der Waals surface area contributed by atoms with Gasteiger partial charge in [-0.05, 0) is 73.4 Å². The molecule has 4 fully saturated rings. The molecular formula is C44H44F3N7O7S. The molecule has 14 nitrogen and oxygen atoms in total. The van der Waals surface area contributed by atoms with Gasteiger partial charge in [-0.1, -0.05) is 12.1 Å². The first kappa shape index (κ1) is 41.5. The molecule has 0 aliphatic carbocycles. The van der Waals surface area contributed by atoms with Crippen molar-refractivity contribution in [2.75, 3.05) is 80.5 Å². The largest absolute Gasteiger partial charge is 0.465 e. The van der Waals surface area contributed by atoms with Crippen LogP contribution in [-0.4, -0.2) is 129 Å². The van der Waals surface area contributed by atoms with Gasteiger partial charge in [-0.15, -0.1) is 0 Å². The van der Waals surface area contributed by atoms with Gasteiger partial charge in [0.25, 0.3) is 0 Å². The summed E-state index contributed by atoms with van der Waals surface area (Å²) in [5, 5.41) is 11.8. The van der Waals surface area contributed by atoms with E-state index in [1.165, 1.54) is 13.3 Å². The number of β-amino-alcohol motifs (C(OH)–C–C–N with tert-alkyl or cyclic N) is 1. The Hall–Kier alpha value is -5.82. The Morgan fingerprint density at radius 1 is 0.952 bits per heavy atom. The van der Waals surface area contributed by atoms with Crippen LogP contribution in [0.2, 0.25) is 0 Å². The van der Waals surface area contributed by atoms with Gasteiger partial charge in [-0.2, -0.15) is 12.7 Å². The predicted molar refractivity (Wildman–Crippen MR) is 226 cm³/mol. The number of pyridine rings is 1. The molecule has 3 aromatic carbocycles. The summed E-state index contributed by atoms with van der Waals surface area (Å²) in [5.74, 6) is -4.14. The number of ether oxygens (including phenoxy) is 1. The maximum atomic E-state index is 15.7. The lowest BCUT2D eigenvalue weighted by atomic mass is 9.71. The molecular weight excluding hydrogens is 828 g/mol. The van der Waals surface area contributed by atoms with Crippen LogP contribution in [-0.2, 0) is 14.9 Å². The Morgan fingerprint density at radius 2 is 1.68 bits per heavy atom. The Bertz CT molecular complexity index is 2690. The Morgan fingerprint density at radius 3 is 2.35 bits per heavy atom. The van der Waals surface area contributed by atoms with E-state index in [0.29, 0.717) is 55.4 Å². The zero-order valence-electron chi connectivity index (χ0n) is 33.7. The standard InChI is InChI=1S/C44H44F3N7O7S/c1-61-42(57)33-7-6-32(16-29(33)21-55)52-14-11-44(58,12-15-52)26-51-22-43(23-51)24-53(25-43)31-4-2-27(3-5-31)28-17-34-35(19-49-41(34)48-18-28)40(56)38-36(46)8-9-37(39(38)47)50-62(59,60)54-13-10-30(45)20-54/h2-9,16-19,21,30,50,58H,10-15,20,22-26H2,1H3,(H,48,49)/t30-/m1/s1. The molecule has 2 aromatic heterocycles. The number of benzene rings is 3. The summed E-state index contributed by atoms with van der Waals surface area (Å²) in [4.78, 5) is 51.4. The number of piperidine rings is 1. The molecule has 5 aromatic rings. The van der Waals surface area contributed by atoms with Crippen molar-refractivity contribution in [2.24, 2.45) is 5.41 Å². The summed E-state index contributed by atoms with van der Waals surface area (Å²) in [6.07, 6.45) is 3.39. The van der Waals surface area contributed by atoms with Crippen LogP contribution in [0.3, 0.4) is 0 Å². The number of aliphatic hydroxyl groups is 1. The van der Waals surface area contributed by atoms with E-state index < -0.39 is 63.2 Å². The van der Waals surface area contributed by atoms with E-state index in [0.717, 1.165) is 59.6 Å². The number of nitrogens with zero attached hydrogens (tertiary/aromatic N) is 5. The number of aromatic amines is 1. The number of carbonyl (C=O) groups is 3. The predicted octanol–water partition coefficient (Wildman–Crippen LogP) is 5.19. The van der Waals surface area contributed by atoms with Crippen LogP contribution < -0.4 is 14.5 Å². The number of methoxy groups -OCH3 is 1. The van der Waals surface area contributed by atoms with Gasteiger partial charge in [-0.3, -0.25) is 19.2 Å². The number of rotatable bonds is 12. The van der Waals surface area contributed by atoms with Gasteiger partial charge in [0.1, 0.15) is 17.6 Å². The maximum Gasteiger partial charge on any atom is 0.338 e. The smallest absolute Gasteiger partial charge is 0.338 e. The molecule has 0 bridgehead atoms. The quantitative estimate of drug-likeness (QED) is 0.0858. The van der Waals surface area contributed by atoms with Crippen molar-refractivity contribution >= 4 is 56.3 Å². The molecule has 62 heavy (non-hydrogen) atoms. The van der Waals surface area contributed by atoms with Crippen molar-refractivity contribution < 1.29 is 45.8 Å². The van der Waals surface area contributed by atoms with E-state index >= 15 is 8.78 Å². The summed E-state index contributed by atoms with van der Waals surface area (Å²) < 4.78 is 77.7. The van der Waals surface area contributed by atoms with Gasteiger partial charge in [0.15, 0.2) is 12.1 Å². The summed E-state index contributed by atoms with van der Waals surface area (Å²) in [7, 11) is -3.08. The summed E-state index contributed by atoms with van der Waals surface area (Å²) in [6.45, 7) is 4.88. The van der Waals surface area contributed by atoms with Crippen LogP contribution in [0.5, 0.6) is 0 Å². The fraction of sp³-hybridized carbons (Fsp3) is 0.364. The summed E-state index contributed by atoms with van der Waals surface area (Å²) in [6, 6.07) is 16.4. The van der Waals surface area contributed by atoms with E-state index in [-0.39, 0.29) is 35.1 Å². The van der Waals surface area contributed by atoms with Crippen LogP contribution in [0.4, 0.5) is 30.2 Å². The lowest BCUT2D eigenvalue weighted by Gasteiger charge is -2.62. The van der Waals surface area contributed by atoms with Crippen LogP contribution in [0, 0.1) is 17.0 Å². The lowest BCUT2D eigenvalue weighted by molar-refractivity contribution is -0.0864. The highest BCUT2D eigenvalue weighted by Gasteiger charge is 2.53. The van der Waals surface area contributed by atoms with Gasteiger partial charge in [0.05, 0.1) is 29.5 Å². The monoisotopic (exact) mass is 871 g/mol. The molecule has 1 atom stereocenters. The number of aromatic nitrogens is 2. The maximum absolute atomic E-state index is 15.7. The molecule has 324 valence electrons.